The third-order valence-electron chi connectivity index (χ3n) is 2.75. The first-order valence-electron chi connectivity index (χ1n) is 6.07. The van der Waals surface area contributed by atoms with Crippen molar-refractivity contribution in [3.63, 3.8) is 0 Å². The normalized spacial score (nSPS) is 18.5. The van der Waals surface area contributed by atoms with E-state index in [9.17, 15) is 9.59 Å². The molecule has 19 heavy (non-hydrogen) atoms. The summed E-state index contributed by atoms with van der Waals surface area (Å²) in [5, 5.41) is 5.27. The summed E-state index contributed by atoms with van der Waals surface area (Å²) in [6, 6.07) is 7.17. The van der Waals surface area contributed by atoms with Crippen molar-refractivity contribution in [3.8, 4) is 5.75 Å². The fourth-order valence-corrected chi connectivity index (χ4v) is 2.42. The average molecular weight is 280 g/mol. The lowest BCUT2D eigenvalue weighted by molar-refractivity contribution is -0.112. The SMILES string of the molecule is CNCCOc1ccc(CC2NC(=O)SC2=O)cc1. The lowest BCUT2D eigenvalue weighted by Gasteiger charge is -2.09. The second-order valence-electron chi connectivity index (χ2n) is 4.21. The first-order valence-corrected chi connectivity index (χ1v) is 6.89. The second-order valence-corrected chi connectivity index (χ2v) is 5.18. The number of amides is 1. The molecule has 0 aromatic heterocycles. The fourth-order valence-electron chi connectivity index (χ4n) is 1.76. The molecule has 1 aliphatic heterocycles. The van der Waals surface area contributed by atoms with Crippen molar-refractivity contribution in [2.24, 2.45) is 0 Å². The number of nitrogens with one attached hydrogen (secondary N) is 2. The molecule has 1 atom stereocenters. The standard InChI is InChI=1S/C13H16N2O3S/c1-14-6-7-18-10-4-2-9(3-5-10)8-11-12(16)19-13(17)15-11/h2-5,11,14H,6-8H2,1H3,(H,15,17). The van der Waals surface area contributed by atoms with Crippen molar-refractivity contribution in [2.75, 3.05) is 20.2 Å². The Kier molecular flexibility index (Phi) is 4.81. The zero-order valence-corrected chi connectivity index (χ0v) is 11.5. The molecule has 0 radical (unpaired) electrons. The summed E-state index contributed by atoms with van der Waals surface area (Å²) < 4.78 is 5.51. The smallest absolute Gasteiger partial charge is 0.287 e. The number of thioether (sulfide) groups is 1. The number of rotatable bonds is 6. The van der Waals surface area contributed by atoms with E-state index >= 15 is 0 Å². The monoisotopic (exact) mass is 280 g/mol. The van der Waals surface area contributed by atoms with Gasteiger partial charge in [0.15, 0.2) is 0 Å². The molecule has 0 spiro atoms. The summed E-state index contributed by atoms with van der Waals surface area (Å²) in [7, 11) is 1.87. The van der Waals surface area contributed by atoms with Crippen molar-refractivity contribution in [3.05, 3.63) is 29.8 Å². The zero-order chi connectivity index (χ0) is 13.7. The van der Waals surface area contributed by atoms with Crippen molar-refractivity contribution in [1.29, 1.82) is 0 Å². The van der Waals surface area contributed by atoms with Gasteiger partial charge in [-0.2, -0.15) is 0 Å². The van der Waals surface area contributed by atoms with Gasteiger partial charge in [-0.15, -0.1) is 0 Å². The predicted octanol–water partition coefficient (Wildman–Crippen LogP) is 1.18. The minimum absolute atomic E-state index is 0.112. The number of hydrogen-bond donors (Lipinski definition) is 2. The molecule has 2 rings (SSSR count). The first kappa shape index (κ1) is 13.9. The molecule has 1 fully saturated rings. The number of ether oxygens (including phenoxy) is 1. The van der Waals surface area contributed by atoms with Gasteiger partial charge in [0.05, 0.1) is 0 Å². The number of benzene rings is 1. The number of hydrogen-bond acceptors (Lipinski definition) is 5. The van der Waals surface area contributed by atoms with Gasteiger partial charge in [0, 0.05) is 24.7 Å². The van der Waals surface area contributed by atoms with E-state index in [0.717, 1.165) is 29.6 Å². The molecule has 0 aliphatic carbocycles. The van der Waals surface area contributed by atoms with Crippen LogP contribution in [-0.4, -0.2) is 36.6 Å². The van der Waals surface area contributed by atoms with Crippen molar-refractivity contribution < 1.29 is 14.3 Å². The van der Waals surface area contributed by atoms with Crippen LogP contribution in [0.3, 0.4) is 0 Å². The van der Waals surface area contributed by atoms with E-state index < -0.39 is 6.04 Å². The molecule has 6 heteroatoms. The van der Waals surface area contributed by atoms with Crippen LogP contribution in [0.25, 0.3) is 0 Å². The minimum atomic E-state index is -0.409. The molecule has 0 bridgehead atoms. The molecule has 1 aromatic rings. The average Bonchev–Trinajstić information content (AvgIpc) is 2.70. The zero-order valence-electron chi connectivity index (χ0n) is 10.6. The Bertz CT molecular complexity index is 461. The van der Waals surface area contributed by atoms with Crippen LogP contribution in [0.15, 0.2) is 24.3 Å². The molecule has 1 aliphatic rings. The lowest BCUT2D eigenvalue weighted by Crippen LogP contribution is -2.30. The van der Waals surface area contributed by atoms with Crippen LogP contribution in [0.5, 0.6) is 5.75 Å². The molecular weight excluding hydrogens is 264 g/mol. The fraction of sp³-hybridized carbons (Fsp3) is 0.385. The molecule has 0 saturated carbocycles. The maximum absolute atomic E-state index is 11.5. The van der Waals surface area contributed by atoms with E-state index in [1.165, 1.54) is 0 Å². The maximum atomic E-state index is 11.5. The summed E-state index contributed by atoms with van der Waals surface area (Å²) in [5.41, 5.74) is 1.00. The summed E-state index contributed by atoms with van der Waals surface area (Å²) in [5.74, 6) is 0.801. The number of likely N-dealkylation sites (N-methyl/N-ethyl adjacent to an activating group) is 1. The summed E-state index contributed by atoms with van der Waals surface area (Å²) >= 11 is 0.744. The molecule has 5 nitrogen and oxygen atoms in total. The highest BCUT2D eigenvalue weighted by molar-refractivity contribution is 8.26. The molecule has 1 unspecified atom stereocenters. The van der Waals surface area contributed by atoms with Crippen molar-refractivity contribution >= 4 is 22.1 Å². The van der Waals surface area contributed by atoms with Gasteiger partial charge in [-0.25, -0.2) is 0 Å². The second kappa shape index (κ2) is 6.58. The van der Waals surface area contributed by atoms with Crippen LogP contribution in [0.4, 0.5) is 4.79 Å². The predicted molar refractivity (Wildman–Crippen MR) is 74.5 cm³/mol. The molecular formula is C13H16N2O3S. The van der Waals surface area contributed by atoms with E-state index in [2.05, 4.69) is 10.6 Å². The molecule has 1 heterocycles. The summed E-state index contributed by atoms with van der Waals surface area (Å²) in [4.78, 5) is 22.5. The van der Waals surface area contributed by atoms with E-state index in [0.29, 0.717) is 13.0 Å². The first-order chi connectivity index (χ1) is 9.19. The van der Waals surface area contributed by atoms with Crippen LogP contribution in [0.2, 0.25) is 0 Å². The Morgan fingerprint density at radius 3 is 2.63 bits per heavy atom. The third kappa shape index (κ3) is 3.97. The van der Waals surface area contributed by atoms with Gasteiger partial charge in [-0.05, 0) is 24.7 Å². The van der Waals surface area contributed by atoms with Crippen LogP contribution < -0.4 is 15.4 Å². The van der Waals surface area contributed by atoms with Gasteiger partial charge in [0.2, 0.25) is 5.12 Å². The highest BCUT2D eigenvalue weighted by Crippen LogP contribution is 2.20. The summed E-state index contributed by atoms with van der Waals surface area (Å²) in [6.07, 6.45) is 0.522. The Balaban J connectivity index is 1.88. The van der Waals surface area contributed by atoms with Gasteiger partial charge < -0.3 is 15.4 Å². The molecule has 1 amide bonds. The van der Waals surface area contributed by atoms with E-state index in [1.807, 2.05) is 31.3 Å². The quantitative estimate of drug-likeness (QED) is 0.766. The summed E-state index contributed by atoms with van der Waals surface area (Å²) in [6.45, 7) is 1.41. The number of carbonyl (C=O) groups is 2. The van der Waals surface area contributed by atoms with Gasteiger partial charge in [-0.1, -0.05) is 12.1 Å². The Hall–Kier alpha value is -1.53. The Morgan fingerprint density at radius 1 is 1.32 bits per heavy atom. The van der Waals surface area contributed by atoms with Crippen LogP contribution in [0.1, 0.15) is 5.56 Å². The minimum Gasteiger partial charge on any atom is -0.492 e. The topological polar surface area (TPSA) is 67.4 Å². The molecule has 102 valence electrons. The van der Waals surface area contributed by atoms with Gasteiger partial charge >= 0.3 is 0 Å². The Labute approximate surface area is 116 Å². The highest BCUT2D eigenvalue weighted by atomic mass is 32.2. The van der Waals surface area contributed by atoms with E-state index in [4.69, 9.17) is 4.74 Å². The maximum Gasteiger partial charge on any atom is 0.287 e. The number of carbonyl (C=O) groups excluding carboxylic acids is 2. The third-order valence-corrected chi connectivity index (χ3v) is 3.54. The van der Waals surface area contributed by atoms with E-state index in [1.54, 1.807) is 0 Å². The van der Waals surface area contributed by atoms with Gasteiger partial charge in [0.25, 0.3) is 5.24 Å². The van der Waals surface area contributed by atoms with Crippen LogP contribution in [-0.2, 0) is 11.2 Å². The highest BCUT2D eigenvalue weighted by Gasteiger charge is 2.31. The molecule has 1 aromatic carbocycles. The molecule has 1 saturated heterocycles. The largest absolute Gasteiger partial charge is 0.492 e. The van der Waals surface area contributed by atoms with E-state index in [-0.39, 0.29) is 10.4 Å². The Morgan fingerprint density at radius 2 is 2.05 bits per heavy atom. The van der Waals surface area contributed by atoms with Gasteiger partial charge in [0.1, 0.15) is 18.4 Å². The van der Waals surface area contributed by atoms with Crippen molar-refractivity contribution in [1.82, 2.24) is 10.6 Å². The van der Waals surface area contributed by atoms with Crippen molar-refractivity contribution in [2.45, 2.75) is 12.5 Å². The lowest BCUT2D eigenvalue weighted by atomic mass is 10.1. The molecule has 2 N–H and O–H groups in total. The van der Waals surface area contributed by atoms with Crippen LogP contribution >= 0.6 is 11.8 Å². The van der Waals surface area contributed by atoms with Crippen LogP contribution in [0, 0.1) is 0 Å². The van der Waals surface area contributed by atoms with Gasteiger partial charge in [-0.3, -0.25) is 9.59 Å².